The largest absolute Gasteiger partial charge is 0.478 e. The Labute approximate surface area is 106 Å². The molecule has 0 heterocycles. The molecule has 7 heteroatoms. The molecule has 1 amide bonds. The highest BCUT2D eigenvalue weighted by Gasteiger charge is 2.22. The number of nitrogens with two attached hydrogens (primary N) is 2. The van der Waals surface area contributed by atoms with Crippen LogP contribution in [-0.4, -0.2) is 46.8 Å². The quantitative estimate of drug-likeness (QED) is 0.338. The van der Waals surface area contributed by atoms with Crippen molar-refractivity contribution in [2.75, 3.05) is 6.54 Å². The first-order valence-electron chi connectivity index (χ1n) is 5.73. The van der Waals surface area contributed by atoms with Crippen LogP contribution in [0.4, 0.5) is 0 Å². The Kier molecular flexibility index (Phi) is 7.93. The summed E-state index contributed by atoms with van der Waals surface area (Å²) in [5.74, 6) is -1.62. The summed E-state index contributed by atoms with van der Waals surface area (Å²) in [6, 6.07) is -1.52. The van der Waals surface area contributed by atoms with Crippen molar-refractivity contribution in [3.05, 3.63) is 12.2 Å². The van der Waals surface area contributed by atoms with Crippen molar-refractivity contribution in [1.82, 2.24) is 5.32 Å². The molecule has 0 saturated carbocycles. The van der Waals surface area contributed by atoms with Crippen LogP contribution in [0.5, 0.6) is 0 Å². The minimum absolute atomic E-state index is 0.352. The van der Waals surface area contributed by atoms with Crippen LogP contribution in [0.2, 0.25) is 0 Å². The summed E-state index contributed by atoms with van der Waals surface area (Å²) in [6.45, 7) is 2.03. The topological polar surface area (TPSA) is 139 Å². The fourth-order valence-electron chi connectivity index (χ4n) is 1.28. The van der Waals surface area contributed by atoms with E-state index in [1.54, 1.807) is 6.92 Å². The van der Waals surface area contributed by atoms with Crippen molar-refractivity contribution >= 4 is 11.9 Å². The highest BCUT2D eigenvalue weighted by atomic mass is 16.4. The SMILES string of the molecule is C[C@@H](/C=C/C(=O)O)NC(=O)[C@@H](N)[C@@H](O)CCCN. The summed E-state index contributed by atoms with van der Waals surface area (Å²) in [5, 5.41) is 20.5. The summed E-state index contributed by atoms with van der Waals surface area (Å²) in [7, 11) is 0. The van der Waals surface area contributed by atoms with Gasteiger partial charge in [-0.1, -0.05) is 6.08 Å². The van der Waals surface area contributed by atoms with E-state index in [9.17, 15) is 14.7 Å². The Balaban J connectivity index is 4.18. The number of aliphatic hydroxyl groups is 1. The van der Waals surface area contributed by atoms with Crippen molar-refractivity contribution in [2.45, 2.75) is 38.0 Å². The highest BCUT2D eigenvalue weighted by Crippen LogP contribution is 2.00. The van der Waals surface area contributed by atoms with E-state index in [4.69, 9.17) is 16.6 Å². The molecule has 0 saturated heterocycles. The van der Waals surface area contributed by atoms with Crippen molar-refractivity contribution in [3.8, 4) is 0 Å². The lowest BCUT2D eigenvalue weighted by atomic mass is 10.1. The molecule has 0 aromatic rings. The molecule has 0 aromatic carbocycles. The molecule has 0 unspecified atom stereocenters. The summed E-state index contributed by atoms with van der Waals surface area (Å²) >= 11 is 0. The molecule has 0 aliphatic rings. The molecule has 0 bridgehead atoms. The number of aliphatic hydroxyl groups excluding tert-OH is 1. The number of carbonyl (C=O) groups is 2. The van der Waals surface area contributed by atoms with Crippen molar-refractivity contribution in [3.63, 3.8) is 0 Å². The molecule has 18 heavy (non-hydrogen) atoms. The van der Waals surface area contributed by atoms with Gasteiger partial charge in [0.15, 0.2) is 0 Å². The van der Waals surface area contributed by atoms with E-state index < -0.39 is 30.1 Å². The van der Waals surface area contributed by atoms with Gasteiger partial charge in [0.1, 0.15) is 6.04 Å². The first kappa shape index (κ1) is 16.6. The van der Waals surface area contributed by atoms with Crippen LogP contribution in [-0.2, 0) is 9.59 Å². The zero-order valence-corrected chi connectivity index (χ0v) is 10.4. The van der Waals surface area contributed by atoms with E-state index in [1.165, 1.54) is 6.08 Å². The van der Waals surface area contributed by atoms with Crippen LogP contribution in [0, 0.1) is 0 Å². The van der Waals surface area contributed by atoms with Crippen LogP contribution in [0.3, 0.4) is 0 Å². The number of carboxylic acids is 1. The fraction of sp³-hybridized carbons (Fsp3) is 0.636. The van der Waals surface area contributed by atoms with Gasteiger partial charge in [-0.25, -0.2) is 4.79 Å². The molecule has 0 aliphatic heterocycles. The van der Waals surface area contributed by atoms with Crippen LogP contribution in [0.15, 0.2) is 12.2 Å². The molecule has 0 spiro atoms. The first-order chi connectivity index (χ1) is 8.38. The van der Waals surface area contributed by atoms with Crippen molar-refractivity contribution < 1.29 is 19.8 Å². The average Bonchev–Trinajstić information content (AvgIpc) is 2.32. The molecule has 0 radical (unpaired) electrons. The number of nitrogens with one attached hydrogen (secondary N) is 1. The monoisotopic (exact) mass is 259 g/mol. The van der Waals surface area contributed by atoms with E-state index in [0.29, 0.717) is 19.4 Å². The Hall–Kier alpha value is -1.44. The lowest BCUT2D eigenvalue weighted by Gasteiger charge is -2.19. The lowest BCUT2D eigenvalue weighted by Crippen LogP contribution is -2.50. The molecule has 7 N–H and O–H groups in total. The van der Waals surface area contributed by atoms with Gasteiger partial charge in [-0.3, -0.25) is 4.79 Å². The maximum Gasteiger partial charge on any atom is 0.328 e. The number of hydrogen-bond acceptors (Lipinski definition) is 5. The normalized spacial score (nSPS) is 16.2. The third kappa shape index (κ3) is 7.00. The third-order valence-corrected chi connectivity index (χ3v) is 2.32. The second-order valence-corrected chi connectivity index (χ2v) is 4.02. The highest BCUT2D eigenvalue weighted by molar-refractivity contribution is 5.83. The van der Waals surface area contributed by atoms with Gasteiger partial charge in [0.2, 0.25) is 5.91 Å². The number of aliphatic carboxylic acids is 1. The van der Waals surface area contributed by atoms with E-state index in [2.05, 4.69) is 5.32 Å². The van der Waals surface area contributed by atoms with E-state index in [0.717, 1.165) is 6.08 Å². The number of rotatable bonds is 8. The molecule has 0 aliphatic carbocycles. The molecular weight excluding hydrogens is 238 g/mol. The smallest absolute Gasteiger partial charge is 0.328 e. The maximum atomic E-state index is 11.6. The number of carboxylic acid groups (broad SMARTS) is 1. The van der Waals surface area contributed by atoms with Gasteiger partial charge in [0, 0.05) is 12.1 Å². The summed E-state index contributed by atoms with van der Waals surface area (Å²) in [5.41, 5.74) is 10.8. The molecule has 7 nitrogen and oxygen atoms in total. The predicted octanol–water partition coefficient (Wildman–Crippen LogP) is -1.44. The van der Waals surface area contributed by atoms with Crippen LogP contribution >= 0.6 is 0 Å². The van der Waals surface area contributed by atoms with Crippen LogP contribution in [0.25, 0.3) is 0 Å². The Morgan fingerprint density at radius 2 is 2.06 bits per heavy atom. The Morgan fingerprint density at radius 3 is 2.56 bits per heavy atom. The predicted molar refractivity (Wildman–Crippen MR) is 66.7 cm³/mol. The molecule has 3 atom stereocenters. The molecular formula is C11H21N3O4. The summed E-state index contributed by atoms with van der Waals surface area (Å²) in [4.78, 5) is 21.9. The molecule has 104 valence electrons. The van der Waals surface area contributed by atoms with E-state index in [-0.39, 0.29) is 0 Å². The van der Waals surface area contributed by atoms with Gasteiger partial charge < -0.3 is 27.0 Å². The van der Waals surface area contributed by atoms with Gasteiger partial charge in [-0.15, -0.1) is 0 Å². The van der Waals surface area contributed by atoms with Gasteiger partial charge in [-0.2, -0.15) is 0 Å². The zero-order valence-electron chi connectivity index (χ0n) is 10.4. The van der Waals surface area contributed by atoms with Crippen LogP contribution < -0.4 is 16.8 Å². The lowest BCUT2D eigenvalue weighted by molar-refractivity contribution is -0.131. The first-order valence-corrected chi connectivity index (χ1v) is 5.73. The van der Waals surface area contributed by atoms with E-state index >= 15 is 0 Å². The third-order valence-electron chi connectivity index (χ3n) is 2.32. The molecule has 0 fully saturated rings. The second kappa shape index (κ2) is 8.62. The van der Waals surface area contributed by atoms with Crippen LogP contribution in [0.1, 0.15) is 19.8 Å². The summed E-state index contributed by atoms with van der Waals surface area (Å²) in [6.07, 6.45) is 2.23. The van der Waals surface area contributed by atoms with Gasteiger partial charge in [0.05, 0.1) is 6.10 Å². The zero-order chi connectivity index (χ0) is 14.1. The van der Waals surface area contributed by atoms with E-state index in [1.807, 2.05) is 0 Å². The molecule has 0 aromatic heterocycles. The van der Waals surface area contributed by atoms with Gasteiger partial charge in [-0.05, 0) is 26.3 Å². The summed E-state index contributed by atoms with van der Waals surface area (Å²) < 4.78 is 0. The Morgan fingerprint density at radius 1 is 1.44 bits per heavy atom. The minimum atomic E-state index is -1.09. The second-order valence-electron chi connectivity index (χ2n) is 4.02. The fourth-order valence-corrected chi connectivity index (χ4v) is 1.28. The Bertz CT molecular complexity index is 307. The number of carbonyl (C=O) groups excluding carboxylic acids is 1. The van der Waals surface area contributed by atoms with Gasteiger partial charge in [0.25, 0.3) is 0 Å². The minimum Gasteiger partial charge on any atom is -0.478 e. The standard InChI is InChI=1S/C11H21N3O4/c1-7(4-5-9(16)17)14-11(18)10(13)8(15)3-2-6-12/h4-5,7-8,10,15H,2-3,6,12-13H2,1H3,(H,14,18)(H,16,17)/b5-4+/t7-,8-,10-/m0/s1. The van der Waals surface area contributed by atoms with Crippen molar-refractivity contribution in [2.24, 2.45) is 11.5 Å². The average molecular weight is 259 g/mol. The number of hydrogen-bond donors (Lipinski definition) is 5. The van der Waals surface area contributed by atoms with Gasteiger partial charge >= 0.3 is 5.97 Å². The number of amides is 1. The molecule has 0 rings (SSSR count). The maximum absolute atomic E-state index is 11.6. The van der Waals surface area contributed by atoms with Crippen molar-refractivity contribution in [1.29, 1.82) is 0 Å².